The Labute approximate surface area is 128 Å². The van der Waals surface area contributed by atoms with E-state index in [4.69, 9.17) is 11.6 Å². The number of tetrazole rings is 1. The summed E-state index contributed by atoms with van der Waals surface area (Å²) in [7, 11) is 0. The number of alkyl halides is 3. The summed E-state index contributed by atoms with van der Waals surface area (Å²) in [5, 5.41) is 11.6. The maximum Gasteiger partial charge on any atom is 0.416 e. The van der Waals surface area contributed by atoms with Crippen molar-refractivity contribution in [1.29, 1.82) is 0 Å². The lowest BCUT2D eigenvalue weighted by molar-refractivity contribution is -0.137. The van der Waals surface area contributed by atoms with Gasteiger partial charge < -0.3 is 0 Å². The van der Waals surface area contributed by atoms with E-state index in [9.17, 15) is 13.2 Å². The molecule has 1 aromatic heterocycles. The van der Waals surface area contributed by atoms with Crippen LogP contribution < -0.4 is 0 Å². The van der Waals surface area contributed by atoms with Crippen LogP contribution in [0.25, 0.3) is 17.1 Å². The van der Waals surface area contributed by atoms with Gasteiger partial charge in [0, 0.05) is 10.6 Å². The highest BCUT2D eigenvalue weighted by molar-refractivity contribution is 6.30. The van der Waals surface area contributed by atoms with Gasteiger partial charge in [0.05, 0.1) is 11.3 Å². The lowest BCUT2D eigenvalue weighted by atomic mass is 10.1. The van der Waals surface area contributed by atoms with Gasteiger partial charge in [-0.15, -0.1) is 5.10 Å². The first-order valence-electron chi connectivity index (χ1n) is 6.17. The molecule has 0 saturated carbocycles. The Morgan fingerprint density at radius 2 is 1.77 bits per heavy atom. The molecule has 0 radical (unpaired) electrons. The minimum Gasteiger partial charge on any atom is -0.193 e. The van der Waals surface area contributed by atoms with Crippen LogP contribution in [0.1, 0.15) is 5.56 Å². The zero-order valence-corrected chi connectivity index (χ0v) is 11.7. The molecule has 0 aliphatic rings. The van der Waals surface area contributed by atoms with Gasteiger partial charge in [0.25, 0.3) is 0 Å². The van der Waals surface area contributed by atoms with Crippen LogP contribution in [0.4, 0.5) is 13.2 Å². The van der Waals surface area contributed by atoms with E-state index < -0.39 is 11.7 Å². The third kappa shape index (κ3) is 2.80. The van der Waals surface area contributed by atoms with Crippen molar-refractivity contribution in [3.05, 3.63) is 59.1 Å². The van der Waals surface area contributed by atoms with E-state index in [1.165, 1.54) is 16.8 Å². The minimum atomic E-state index is -4.43. The average Bonchev–Trinajstić information content (AvgIpc) is 2.96. The van der Waals surface area contributed by atoms with Gasteiger partial charge in [-0.2, -0.15) is 17.9 Å². The van der Waals surface area contributed by atoms with E-state index in [1.807, 2.05) is 0 Å². The molecule has 0 amide bonds. The van der Waals surface area contributed by atoms with E-state index in [0.29, 0.717) is 10.7 Å². The van der Waals surface area contributed by atoms with Crippen molar-refractivity contribution in [1.82, 2.24) is 20.2 Å². The largest absolute Gasteiger partial charge is 0.416 e. The van der Waals surface area contributed by atoms with E-state index in [-0.39, 0.29) is 11.4 Å². The number of benzene rings is 2. The Morgan fingerprint density at radius 3 is 2.50 bits per heavy atom. The smallest absolute Gasteiger partial charge is 0.193 e. The number of nitrogens with zero attached hydrogens (tertiary/aromatic N) is 4. The fourth-order valence-electron chi connectivity index (χ4n) is 1.98. The first kappa shape index (κ1) is 14.5. The van der Waals surface area contributed by atoms with E-state index in [2.05, 4.69) is 15.5 Å². The van der Waals surface area contributed by atoms with Gasteiger partial charge in [0.2, 0.25) is 0 Å². The average molecular weight is 325 g/mol. The predicted molar refractivity (Wildman–Crippen MR) is 74.6 cm³/mol. The number of hydrogen-bond donors (Lipinski definition) is 0. The first-order valence-corrected chi connectivity index (χ1v) is 6.55. The van der Waals surface area contributed by atoms with Crippen molar-refractivity contribution in [3.8, 4) is 17.1 Å². The zero-order chi connectivity index (χ0) is 15.7. The molecule has 0 aliphatic heterocycles. The lowest BCUT2D eigenvalue weighted by Crippen LogP contribution is -2.05. The summed E-state index contributed by atoms with van der Waals surface area (Å²) in [5.41, 5.74) is 0.0651. The number of hydrogen-bond acceptors (Lipinski definition) is 3. The molecule has 0 spiro atoms. The molecule has 0 unspecified atom stereocenters. The molecule has 112 valence electrons. The van der Waals surface area contributed by atoms with Crippen molar-refractivity contribution in [3.63, 3.8) is 0 Å². The first-order chi connectivity index (χ1) is 10.4. The molecule has 0 saturated heterocycles. The number of halogens is 4. The van der Waals surface area contributed by atoms with E-state index >= 15 is 0 Å². The summed E-state index contributed by atoms with van der Waals surface area (Å²) in [6.45, 7) is 0. The van der Waals surface area contributed by atoms with Crippen LogP contribution >= 0.6 is 11.6 Å². The Morgan fingerprint density at radius 1 is 1.00 bits per heavy atom. The molecule has 2 aromatic carbocycles. The molecule has 0 N–H and O–H groups in total. The maximum atomic E-state index is 12.8. The van der Waals surface area contributed by atoms with Gasteiger partial charge in [0.15, 0.2) is 5.82 Å². The SMILES string of the molecule is FC(F)(F)c1cccc(-c2nnnn2-c2cccc(Cl)c2)c1. The normalized spacial score (nSPS) is 11.6. The van der Waals surface area contributed by atoms with Crippen molar-refractivity contribution in [2.24, 2.45) is 0 Å². The molecule has 22 heavy (non-hydrogen) atoms. The predicted octanol–water partition coefficient (Wildman–Crippen LogP) is 4.00. The van der Waals surface area contributed by atoms with Crippen LogP contribution in [-0.4, -0.2) is 20.2 Å². The molecule has 3 rings (SSSR count). The summed E-state index contributed by atoms with van der Waals surface area (Å²) in [6, 6.07) is 11.5. The molecule has 1 heterocycles. The molecule has 3 aromatic rings. The second kappa shape index (κ2) is 5.42. The maximum absolute atomic E-state index is 12.8. The molecule has 0 bridgehead atoms. The van der Waals surface area contributed by atoms with E-state index in [1.54, 1.807) is 24.3 Å². The quantitative estimate of drug-likeness (QED) is 0.715. The highest BCUT2D eigenvalue weighted by Crippen LogP contribution is 2.32. The van der Waals surface area contributed by atoms with Crippen LogP contribution in [-0.2, 0) is 6.18 Å². The summed E-state index contributed by atoms with van der Waals surface area (Å²) in [6.07, 6.45) is -4.43. The standard InChI is InChI=1S/C14H8ClF3N4/c15-11-5-2-6-12(8-11)22-13(19-20-21-22)9-3-1-4-10(7-9)14(16,17)18/h1-8H. The molecule has 4 nitrogen and oxygen atoms in total. The Hall–Kier alpha value is -2.41. The molecule has 8 heteroatoms. The minimum absolute atomic E-state index is 0.202. The zero-order valence-electron chi connectivity index (χ0n) is 10.9. The number of aromatic nitrogens is 4. The fourth-order valence-corrected chi connectivity index (χ4v) is 2.17. The number of rotatable bonds is 2. The Balaban J connectivity index is 2.10. The monoisotopic (exact) mass is 324 g/mol. The lowest BCUT2D eigenvalue weighted by Gasteiger charge is -2.09. The topological polar surface area (TPSA) is 43.6 Å². The summed E-state index contributed by atoms with van der Waals surface area (Å²) in [4.78, 5) is 0. The van der Waals surface area contributed by atoms with Crippen molar-refractivity contribution in [2.75, 3.05) is 0 Å². The van der Waals surface area contributed by atoms with Crippen molar-refractivity contribution in [2.45, 2.75) is 6.18 Å². The van der Waals surface area contributed by atoms with E-state index in [0.717, 1.165) is 12.1 Å². The Kier molecular flexibility index (Phi) is 3.58. The van der Waals surface area contributed by atoms with Gasteiger partial charge in [-0.25, -0.2) is 0 Å². The van der Waals surface area contributed by atoms with Crippen LogP contribution in [0.5, 0.6) is 0 Å². The summed E-state index contributed by atoms with van der Waals surface area (Å²) in [5.74, 6) is 0.202. The summed E-state index contributed by atoms with van der Waals surface area (Å²) >= 11 is 5.91. The second-order valence-electron chi connectivity index (χ2n) is 4.47. The second-order valence-corrected chi connectivity index (χ2v) is 4.91. The van der Waals surface area contributed by atoms with Gasteiger partial charge >= 0.3 is 6.18 Å². The van der Waals surface area contributed by atoms with Gasteiger partial charge in [-0.1, -0.05) is 29.8 Å². The van der Waals surface area contributed by atoms with Crippen molar-refractivity contribution < 1.29 is 13.2 Å². The van der Waals surface area contributed by atoms with Crippen LogP contribution in [0.2, 0.25) is 5.02 Å². The Bertz CT molecular complexity index is 814. The molecular weight excluding hydrogens is 317 g/mol. The van der Waals surface area contributed by atoms with Crippen molar-refractivity contribution >= 4 is 11.6 Å². The molecular formula is C14H8ClF3N4. The van der Waals surface area contributed by atoms with Crippen LogP contribution in [0, 0.1) is 0 Å². The third-order valence-electron chi connectivity index (χ3n) is 2.97. The van der Waals surface area contributed by atoms with Gasteiger partial charge in [-0.05, 0) is 40.8 Å². The third-order valence-corrected chi connectivity index (χ3v) is 3.21. The highest BCUT2D eigenvalue weighted by atomic mass is 35.5. The highest BCUT2D eigenvalue weighted by Gasteiger charge is 2.30. The van der Waals surface area contributed by atoms with Gasteiger partial charge in [0.1, 0.15) is 0 Å². The molecule has 0 fully saturated rings. The van der Waals surface area contributed by atoms with Gasteiger partial charge in [-0.3, -0.25) is 0 Å². The fraction of sp³-hybridized carbons (Fsp3) is 0.0714. The molecule has 0 atom stereocenters. The molecule has 0 aliphatic carbocycles. The van der Waals surface area contributed by atoms with Crippen LogP contribution in [0.15, 0.2) is 48.5 Å². The van der Waals surface area contributed by atoms with Crippen LogP contribution in [0.3, 0.4) is 0 Å². The summed E-state index contributed by atoms with van der Waals surface area (Å²) < 4.78 is 39.8.